The molecular formula is C21H21BiF2O3. The summed E-state index contributed by atoms with van der Waals surface area (Å²) in [5.74, 6) is 1.63. The van der Waals surface area contributed by atoms with Crippen molar-refractivity contribution >= 4 is 29.8 Å². The van der Waals surface area contributed by atoms with Gasteiger partial charge in [-0.2, -0.15) is 0 Å². The van der Waals surface area contributed by atoms with Crippen molar-refractivity contribution in [3.8, 4) is 17.2 Å². The monoisotopic (exact) mass is 568 g/mol. The number of rotatable bonds is 6. The fourth-order valence-corrected chi connectivity index (χ4v) is 14.3. The summed E-state index contributed by atoms with van der Waals surface area (Å²) in [7, 11) is 4.54. The maximum absolute atomic E-state index is 16.8. The Bertz CT molecular complexity index is 785. The maximum atomic E-state index is 16.8. The summed E-state index contributed by atoms with van der Waals surface area (Å²) in [4.78, 5) is 0. The van der Waals surface area contributed by atoms with Crippen LogP contribution in [0.2, 0.25) is 0 Å². The van der Waals surface area contributed by atoms with Crippen molar-refractivity contribution in [2.75, 3.05) is 21.3 Å². The average Bonchev–Trinajstić information content (AvgIpc) is 2.74. The second-order valence-electron chi connectivity index (χ2n) is 6.00. The van der Waals surface area contributed by atoms with Gasteiger partial charge in [-0.05, 0) is 0 Å². The molecule has 3 nitrogen and oxygen atoms in total. The molecule has 6 heteroatoms. The van der Waals surface area contributed by atoms with Gasteiger partial charge in [-0.3, -0.25) is 0 Å². The van der Waals surface area contributed by atoms with Crippen molar-refractivity contribution < 1.29 is 19.5 Å². The van der Waals surface area contributed by atoms with Gasteiger partial charge in [0.25, 0.3) is 0 Å². The van der Waals surface area contributed by atoms with Crippen LogP contribution >= 0.6 is 0 Å². The molecule has 0 amide bonds. The van der Waals surface area contributed by atoms with Crippen LogP contribution in [0.4, 0.5) is 5.25 Å². The van der Waals surface area contributed by atoms with Crippen LogP contribution in [0.5, 0.6) is 17.2 Å². The molecule has 0 fully saturated rings. The van der Waals surface area contributed by atoms with Gasteiger partial charge in [0.2, 0.25) is 0 Å². The fourth-order valence-electron chi connectivity index (χ4n) is 2.98. The summed E-state index contributed by atoms with van der Waals surface area (Å²) < 4.78 is 49.2. The molecule has 0 aliphatic heterocycles. The predicted octanol–water partition coefficient (Wildman–Crippen LogP) is 3.07. The molecule has 0 N–H and O–H groups in total. The topological polar surface area (TPSA) is 27.7 Å². The van der Waals surface area contributed by atoms with Gasteiger partial charge in [0.05, 0.1) is 0 Å². The van der Waals surface area contributed by atoms with Gasteiger partial charge in [-0.15, -0.1) is 0 Å². The third-order valence-corrected chi connectivity index (χ3v) is 18.6. The molecule has 3 aromatic rings. The van der Waals surface area contributed by atoms with Gasteiger partial charge in [0.1, 0.15) is 0 Å². The summed E-state index contributed by atoms with van der Waals surface area (Å²) in [5, 5.41) is 0. The van der Waals surface area contributed by atoms with Crippen LogP contribution in [0, 0.1) is 0 Å². The second kappa shape index (κ2) is 7.43. The van der Waals surface area contributed by atoms with Crippen LogP contribution < -0.4 is 24.0 Å². The van der Waals surface area contributed by atoms with Gasteiger partial charge < -0.3 is 0 Å². The number of hydrogen-bond donors (Lipinski definition) is 0. The first-order chi connectivity index (χ1) is 12.9. The number of hydrogen-bond acceptors (Lipinski definition) is 3. The average molecular weight is 568 g/mol. The molecule has 0 unspecified atom stereocenters. The van der Waals surface area contributed by atoms with Crippen LogP contribution in [-0.4, -0.2) is 41.3 Å². The van der Waals surface area contributed by atoms with Gasteiger partial charge >= 0.3 is 161 Å². The van der Waals surface area contributed by atoms with E-state index in [2.05, 4.69) is 0 Å². The fraction of sp³-hybridized carbons (Fsp3) is 0.143. The molecule has 0 atom stereocenters. The molecule has 0 aromatic heterocycles. The van der Waals surface area contributed by atoms with Gasteiger partial charge in [-0.25, -0.2) is 0 Å². The Morgan fingerprint density at radius 3 is 0.889 bits per heavy atom. The molecule has 0 bridgehead atoms. The van der Waals surface area contributed by atoms with Crippen LogP contribution in [0.3, 0.4) is 0 Å². The molecule has 0 radical (unpaired) electrons. The Balaban J connectivity index is 2.25. The Labute approximate surface area is 160 Å². The van der Waals surface area contributed by atoms with E-state index in [4.69, 9.17) is 14.2 Å². The van der Waals surface area contributed by atoms with Crippen molar-refractivity contribution in [3.05, 3.63) is 72.8 Å². The Morgan fingerprint density at radius 2 is 0.704 bits per heavy atom. The molecular weight excluding hydrogens is 547 g/mol. The summed E-state index contributed by atoms with van der Waals surface area (Å²) in [5.41, 5.74) is 0. The van der Waals surface area contributed by atoms with E-state index >= 15 is 5.25 Å². The Hall–Kier alpha value is -2.20. The normalized spacial score (nSPS) is 12.7. The summed E-state index contributed by atoms with van der Waals surface area (Å²) in [6.07, 6.45) is 0. The second-order valence-corrected chi connectivity index (χ2v) is 19.1. The zero-order valence-corrected chi connectivity index (χ0v) is 18.8. The van der Waals surface area contributed by atoms with E-state index in [0.29, 0.717) is 17.2 Å². The molecule has 0 spiro atoms. The molecule has 142 valence electrons. The van der Waals surface area contributed by atoms with Crippen molar-refractivity contribution in [2.45, 2.75) is 0 Å². The molecule has 3 rings (SSSR count). The molecule has 0 aliphatic carbocycles. The molecule has 0 saturated heterocycles. The van der Waals surface area contributed by atoms with E-state index in [1.165, 1.54) is 57.7 Å². The van der Waals surface area contributed by atoms with E-state index in [1.807, 2.05) is 0 Å². The molecule has 3 aromatic carbocycles. The van der Waals surface area contributed by atoms with Crippen molar-refractivity contribution in [2.24, 2.45) is 0 Å². The number of ether oxygens (including phenoxy) is 3. The van der Waals surface area contributed by atoms with E-state index in [-0.39, 0.29) is 9.81 Å². The van der Waals surface area contributed by atoms with E-state index < -0.39 is 20.0 Å². The summed E-state index contributed by atoms with van der Waals surface area (Å²) in [6.45, 7) is 0. The van der Waals surface area contributed by atoms with Crippen molar-refractivity contribution in [1.82, 2.24) is 0 Å². The first kappa shape index (κ1) is 19.6. The zero-order valence-electron chi connectivity index (χ0n) is 15.4. The summed E-state index contributed by atoms with van der Waals surface area (Å²) in [6, 6.07) is 18.3. The molecule has 0 saturated carbocycles. The predicted molar refractivity (Wildman–Crippen MR) is 106 cm³/mol. The van der Waals surface area contributed by atoms with Gasteiger partial charge in [0, 0.05) is 0 Å². The van der Waals surface area contributed by atoms with E-state index in [1.54, 1.807) is 36.4 Å². The number of halogens is 2. The molecule has 0 aliphatic rings. The number of benzene rings is 3. The standard InChI is InChI=1S/3C7H7O.Bi.2FH/c3*1-8-7-5-3-2-4-6-7;;;/h3*3-6H,1H3;;2*1H/q;;;+2;;/p-2. The minimum absolute atomic E-state index is 0.0529. The van der Waals surface area contributed by atoms with Crippen LogP contribution in [0.15, 0.2) is 72.8 Å². The Morgan fingerprint density at radius 1 is 0.481 bits per heavy atom. The van der Waals surface area contributed by atoms with E-state index in [9.17, 15) is 0 Å². The van der Waals surface area contributed by atoms with Gasteiger partial charge in [-0.1, -0.05) is 0 Å². The molecule has 0 heterocycles. The minimum atomic E-state index is -6.84. The quantitative estimate of drug-likeness (QED) is 0.429. The first-order valence-corrected chi connectivity index (χ1v) is 16.2. The first-order valence-electron chi connectivity index (χ1n) is 8.31. The van der Waals surface area contributed by atoms with Crippen LogP contribution in [0.1, 0.15) is 0 Å². The van der Waals surface area contributed by atoms with Crippen molar-refractivity contribution in [1.29, 1.82) is 0 Å². The van der Waals surface area contributed by atoms with Gasteiger partial charge in [0.15, 0.2) is 0 Å². The SMILES string of the molecule is COc1cc[c]([Bi]([F])([F])([c]2ccc(OC)cc2)[c]2ccc(OC)cc2)cc1. The van der Waals surface area contributed by atoms with Crippen molar-refractivity contribution in [3.63, 3.8) is 0 Å². The van der Waals surface area contributed by atoms with Crippen LogP contribution in [0.25, 0.3) is 0 Å². The third kappa shape index (κ3) is 3.39. The third-order valence-electron chi connectivity index (χ3n) is 4.58. The molecule has 27 heavy (non-hydrogen) atoms. The van der Waals surface area contributed by atoms with Crippen LogP contribution in [-0.2, 0) is 0 Å². The number of methoxy groups -OCH3 is 3. The zero-order chi connectivity index (χ0) is 19.5. The van der Waals surface area contributed by atoms with E-state index in [0.717, 1.165) is 0 Å². The summed E-state index contributed by atoms with van der Waals surface area (Å²) >= 11 is -6.84. The Kier molecular flexibility index (Phi) is 5.39.